The molecule has 20 heavy (non-hydrogen) atoms. The molecule has 0 aromatic heterocycles. The second-order valence-electron chi connectivity index (χ2n) is 4.93. The van der Waals surface area contributed by atoms with E-state index in [1.165, 1.54) is 0 Å². The number of hydrogen-bond acceptors (Lipinski definition) is 5. The lowest BCUT2D eigenvalue weighted by atomic mass is 9.89. The molecular weight excluding hydrogens is 278 g/mol. The van der Waals surface area contributed by atoms with Gasteiger partial charge in [-0.05, 0) is 30.9 Å². The number of nitrogens with one attached hydrogen (secondary N) is 1. The van der Waals surface area contributed by atoms with Crippen LogP contribution in [0.5, 0.6) is 0 Å². The Labute approximate surface area is 119 Å². The van der Waals surface area contributed by atoms with Gasteiger partial charge in [0.15, 0.2) is 0 Å². The molecule has 1 aromatic carbocycles. The van der Waals surface area contributed by atoms with Crippen LogP contribution >= 0.6 is 11.9 Å². The van der Waals surface area contributed by atoms with E-state index >= 15 is 0 Å². The fraction of sp³-hybridized carbons (Fsp3) is 0.385. The Morgan fingerprint density at radius 1 is 1.30 bits per heavy atom. The summed E-state index contributed by atoms with van der Waals surface area (Å²) >= 11 is 0.939. The largest absolute Gasteiger partial charge is 0.479 e. The molecule has 3 rings (SSSR count). The number of rotatable bonds is 4. The molecule has 1 heterocycles. The minimum atomic E-state index is -1.40. The van der Waals surface area contributed by atoms with Gasteiger partial charge in [-0.2, -0.15) is 5.11 Å². The van der Waals surface area contributed by atoms with Crippen molar-refractivity contribution in [3.63, 3.8) is 0 Å². The van der Waals surface area contributed by atoms with Crippen LogP contribution in [0.2, 0.25) is 0 Å². The number of carboxylic acid groups (broad SMARTS) is 1. The van der Waals surface area contributed by atoms with E-state index < -0.39 is 16.8 Å². The summed E-state index contributed by atoms with van der Waals surface area (Å²) in [7, 11) is 0. The van der Waals surface area contributed by atoms with Crippen LogP contribution in [0.15, 0.2) is 40.0 Å². The smallest absolute Gasteiger partial charge is 0.335 e. The first-order chi connectivity index (χ1) is 9.64. The van der Waals surface area contributed by atoms with Crippen molar-refractivity contribution < 1.29 is 14.7 Å². The normalized spacial score (nSPS) is 28.3. The summed E-state index contributed by atoms with van der Waals surface area (Å²) < 4.78 is 3.76. The van der Waals surface area contributed by atoms with Gasteiger partial charge in [0.25, 0.3) is 0 Å². The molecule has 1 aliphatic heterocycles. The quantitative estimate of drug-likeness (QED) is 0.833. The third-order valence-electron chi connectivity index (χ3n) is 3.58. The second kappa shape index (κ2) is 4.90. The summed E-state index contributed by atoms with van der Waals surface area (Å²) in [5, 5.41) is 15.3. The molecule has 7 heteroatoms. The minimum absolute atomic E-state index is 0.0923. The number of carbonyl (C=O) groups excluding carboxylic acids is 1. The SMILES string of the molecule is O=C(Nc1ccccc1)C1SN=NC1(C(=O)O)C1CC1. The van der Waals surface area contributed by atoms with Gasteiger partial charge in [0.05, 0.1) is 0 Å². The van der Waals surface area contributed by atoms with Crippen molar-refractivity contribution >= 4 is 29.5 Å². The Bertz CT molecular complexity index is 573. The average Bonchev–Trinajstić information content (AvgIpc) is 3.18. The van der Waals surface area contributed by atoms with Crippen molar-refractivity contribution in [2.24, 2.45) is 15.6 Å². The Balaban J connectivity index is 1.82. The molecule has 0 saturated heterocycles. The van der Waals surface area contributed by atoms with Gasteiger partial charge in [-0.1, -0.05) is 18.2 Å². The molecule has 1 amide bonds. The number of carboxylic acids is 1. The molecule has 2 N–H and O–H groups in total. The third kappa shape index (κ3) is 2.07. The van der Waals surface area contributed by atoms with Gasteiger partial charge in [0.1, 0.15) is 5.25 Å². The fourth-order valence-electron chi connectivity index (χ4n) is 2.40. The Morgan fingerprint density at radius 2 is 2.00 bits per heavy atom. The van der Waals surface area contributed by atoms with Crippen LogP contribution in [0.1, 0.15) is 12.8 Å². The minimum Gasteiger partial charge on any atom is -0.479 e. The lowest BCUT2D eigenvalue weighted by Gasteiger charge is -2.25. The first-order valence-electron chi connectivity index (χ1n) is 6.32. The van der Waals surface area contributed by atoms with Crippen LogP contribution in [0.4, 0.5) is 5.69 Å². The van der Waals surface area contributed by atoms with Crippen molar-refractivity contribution in [1.29, 1.82) is 0 Å². The maximum Gasteiger partial charge on any atom is 0.335 e. The molecule has 2 aliphatic rings. The van der Waals surface area contributed by atoms with Gasteiger partial charge < -0.3 is 10.4 Å². The molecule has 6 nitrogen and oxygen atoms in total. The number of para-hydroxylation sites is 1. The maximum atomic E-state index is 12.4. The van der Waals surface area contributed by atoms with E-state index in [4.69, 9.17) is 0 Å². The Hall–Kier alpha value is -1.89. The Morgan fingerprint density at radius 3 is 2.60 bits per heavy atom. The van der Waals surface area contributed by atoms with Gasteiger partial charge in [0.2, 0.25) is 11.4 Å². The van der Waals surface area contributed by atoms with Gasteiger partial charge in [-0.15, -0.1) is 4.52 Å². The topological polar surface area (TPSA) is 91.1 Å². The lowest BCUT2D eigenvalue weighted by Crippen LogP contribution is -2.51. The highest BCUT2D eigenvalue weighted by molar-refractivity contribution is 7.99. The van der Waals surface area contributed by atoms with Gasteiger partial charge in [-0.3, -0.25) is 4.79 Å². The molecule has 0 spiro atoms. The fourth-order valence-corrected chi connectivity index (χ4v) is 3.33. The summed E-state index contributed by atoms with van der Waals surface area (Å²) in [6.45, 7) is 0. The number of benzene rings is 1. The number of nitrogens with zero attached hydrogens (tertiary/aromatic N) is 2. The average molecular weight is 291 g/mol. The number of anilines is 1. The lowest BCUT2D eigenvalue weighted by molar-refractivity contribution is -0.145. The summed E-state index contributed by atoms with van der Waals surface area (Å²) in [5.41, 5.74) is -0.760. The molecular formula is C13H13N3O3S. The second-order valence-corrected chi connectivity index (χ2v) is 5.77. The van der Waals surface area contributed by atoms with E-state index in [9.17, 15) is 14.7 Å². The van der Waals surface area contributed by atoms with Crippen molar-refractivity contribution in [2.75, 3.05) is 5.32 Å². The molecule has 1 aromatic rings. The van der Waals surface area contributed by atoms with Crippen LogP contribution in [0.25, 0.3) is 0 Å². The monoisotopic (exact) mass is 291 g/mol. The molecule has 1 aliphatic carbocycles. The highest BCUT2D eigenvalue weighted by atomic mass is 32.2. The van der Waals surface area contributed by atoms with Crippen molar-refractivity contribution in [3.05, 3.63) is 30.3 Å². The van der Waals surface area contributed by atoms with E-state index in [0.29, 0.717) is 5.69 Å². The Kier molecular flexibility index (Phi) is 3.21. The number of carbonyl (C=O) groups is 2. The van der Waals surface area contributed by atoms with E-state index in [1.54, 1.807) is 24.3 Å². The van der Waals surface area contributed by atoms with E-state index in [1.807, 2.05) is 6.07 Å². The highest BCUT2D eigenvalue weighted by Crippen LogP contribution is 2.51. The maximum absolute atomic E-state index is 12.4. The number of aliphatic carboxylic acids is 1. The molecule has 0 bridgehead atoms. The van der Waals surface area contributed by atoms with E-state index in [2.05, 4.69) is 15.0 Å². The molecule has 104 valence electrons. The summed E-state index contributed by atoms with van der Waals surface area (Å²) in [4.78, 5) is 24.0. The van der Waals surface area contributed by atoms with Gasteiger partial charge >= 0.3 is 5.97 Å². The van der Waals surface area contributed by atoms with Gasteiger partial charge in [0, 0.05) is 17.6 Å². The number of amides is 1. The van der Waals surface area contributed by atoms with Crippen LogP contribution in [0.3, 0.4) is 0 Å². The predicted octanol–water partition coefficient (Wildman–Crippen LogP) is 2.34. The van der Waals surface area contributed by atoms with E-state index in [-0.39, 0.29) is 11.8 Å². The van der Waals surface area contributed by atoms with Crippen LogP contribution in [-0.2, 0) is 9.59 Å². The zero-order chi connectivity index (χ0) is 14.2. The van der Waals surface area contributed by atoms with Crippen LogP contribution < -0.4 is 5.32 Å². The third-order valence-corrected chi connectivity index (χ3v) is 4.54. The van der Waals surface area contributed by atoms with Crippen LogP contribution in [0, 0.1) is 5.92 Å². The first kappa shape index (κ1) is 13.1. The standard InChI is InChI=1S/C13H13N3O3S/c17-11(14-9-4-2-1-3-5-9)10-13(12(18)19,8-6-7-8)15-16-20-10/h1-5,8,10H,6-7H2,(H,14,17)(H,18,19). The first-order valence-corrected chi connectivity index (χ1v) is 7.15. The zero-order valence-corrected chi connectivity index (χ0v) is 11.3. The molecule has 1 saturated carbocycles. The molecule has 1 fully saturated rings. The highest BCUT2D eigenvalue weighted by Gasteiger charge is 2.62. The summed E-state index contributed by atoms with van der Waals surface area (Å²) in [5.74, 6) is -1.52. The van der Waals surface area contributed by atoms with Crippen molar-refractivity contribution in [2.45, 2.75) is 23.6 Å². The van der Waals surface area contributed by atoms with Crippen LogP contribution in [-0.4, -0.2) is 27.8 Å². The zero-order valence-electron chi connectivity index (χ0n) is 10.5. The predicted molar refractivity (Wildman–Crippen MR) is 74.4 cm³/mol. The van der Waals surface area contributed by atoms with Crippen molar-refractivity contribution in [1.82, 2.24) is 0 Å². The van der Waals surface area contributed by atoms with E-state index in [0.717, 1.165) is 24.8 Å². The molecule has 2 unspecified atom stereocenters. The van der Waals surface area contributed by atoms with Gasteiger partial charge in [-0.25, -0.2) is 4.79 Å². The van der Waals surface area contributed by atoms with Crippen molar-refractivity contribution in [3.8, 4) is 0 Å². The number of hydrogen-bond donors (Lipinski definition) is 2. The molecule has 0 radical (unpaired) electrons. The summed E-state index contributed by atoms with van der Waals surface area (Å²) in [6, 6.07) is 8.96. The summed E-state index contributed by atoms with van der Waals surface area (Å²) in [6.07, 6.45) is 1.56. The molecule has 2 atom stereocenters.